The molecule has 1 amide bonds. The van der Waals surface area contributed by atoms with Crippen LogP contribution in [0.5, 0.6) is 0 Å². The monoisotopic (exact) mass is 413 g/mol. The van der Waals surface area contributed by atoms with Crippen LogP contribution in [0.4, 0.5) is 5.69 Å². The summed E-state index contributed by atoms with van der Waals surface area (Å²) in [5.41, 5.74) is 2.09. The second-order valence-corrected chi connectivity index (χ2v) is 8.54. The van der Waals surface area contributed by atoms with E-state index in [0.717, 1.165) is 11.3 Å². The third-order valence-corrected chi connectivity index (χ3v) is 5.61. The van der Waals surface area contributed by atoms with Crippen molar-refractivity contribution in [2.45, 2.75) is 18.0 Å². The van der Waals surface area contributed by atoms with Gasteiger partial charge in [-0.15, -0.1) is 0 Å². The minimum Gasteiger partial charge on any atom is -0.468 e. The first-order valence-electron chi connectivity index (χ1n) is 9.01. The molecular weight excluding hydrogens is 390 g/mol. The molecule has 2 aromatic carbocycles. The van der Waals surface area contributed by atoms with Crippen LogP contribution in [-0.4, -0.2) is 33.3 Å². The molecule has 2 N–H and O–H groups in total. The summed E-state index contributed by atoms with van der Waals surface area (Å²) in [5.74, 6) is 0.213. The molecule has 0 aliphatic rings. The molecule has 0 aliphatic heterocycles. The summed E-state index contributed by atoms with van der Waals surface area (Å²) in [7, 11) is 0.207. The first kappa shape index (κ1) is 20.8. The Morgan fingerprint density at radius 3 is 2.38 bits per heavy atom. The number of carbonyl (C=O) groups excluding carboxylic acids is 1. The van der Waals surface area contributed by atoms with E-state index in [1.807, 2.05) is 43.3 Å². The maximum absolute atomic E-state index is 12.6. The number of hydrogen-bond acceptors (Lipinski definition) is 5. The maximum atomic E-state index is 12.6. The predicted octanol–water partition coefficient (Wildman–Crippen LogP) is 3.07. The van der Waals surface area contributed by atoms with Gasteiger partial charge in [0.15, 0.2) is 0 Å². The third kappa shape index (κ3) is 5.54. The van der Waals surface area contributed by atoms with E-state index in [1.165, 1.54) is 30.5 Å². The van der Waals surface area contributed by atoms with Gasteiger partial charge in [0, 0.05) is 17.8 Å². The molecule has 0 radical (unpaired) electrons. The molecule has 3 rings (SSSR count). The van der Waals surface area contributed by atoms with Gasteiger partial charge in [0.2, 0.25) is 10.0 Å². The average Bonchev–Trinajstić information content (AvgIpc) is 3.21. The van der Waals surface area contributed by atoms with Gasteiger partial charge in [0.25, 0.3) is 5.91 Å². The van der Waals surface area contributed by atoms with Crippen molar-refractivity contribution in [1.29, 1.82) is 0 Å². The lowest BCUT2D eigenvalue weighted by Crippen LogP contribution is -2.23. The smallest absolute Gasteiger partial charge is 0.255 e. The Balaban J connectivity index is 1.69. The van der Waals surface area contributed by atoms with Crippen molar-refractivity contribution in [2.75, 3.05) is 19.4 Å². The Kier molecular flexibility index (Phi) is 6.48. The zero-order valence-corrected chi connectivity index (χ0v) is 17.1. The molecule has 7 nitrogen and oxygen atoms in total. The van der Waals surface area contributed by atoms with Crippen molar-refractivity contribution in [2.24, 2.45) is 0 Å². The zero-order chi connectivity index (χ0) is 20.9. The van der Waals surface area contributed by atoms with Gasteiger partial charge in [0.1, 0.15) is 5.76 Å². The van der Waals surface area contributed by atoms with Gasteiger partial charge in [-0.05, 0) is 62.1 Å². The predicted molar refractivity (Wildman–Crippen MR) is 111 cm³/mol. The summed E-state index contributed by atoms with van der Waals surface area (Å²) in [4.78, 5) is 14.7. The Bertz CT molecular complexity index is 1060. The van der Waals surface area contributed by atoms with E-state index in [4.69, 9.17) is 4.42 Å². The van der Waals surface area contributed by atoms with E-state index in [2.05, 4.69) is 10.0 Å². The summed E-state index contributed by atoms with van der Waals surface area (Å²) >= 11 is 0. The van der Waals surface area contributed by atoms with Gasteiger partial charge in [0.05, 0.1) is 17.7 Å². The van der Waals surface area contributed by atoms with Crippen LogP contribution in [0.1, 0.15) is 21.7 Å². The van der Waals surface area contributed by atoms with Crippen molar-refractivity contribution < 1.29 is 17.6 Å². The number of hydrogen-bond donors (Lipinski definition) is 2. The van der Waals surface area contributed by atoms with Crippen LogP contribution in [0.25, 0.3) is 0 Å². The fourth-order valence-corrected chi connectivity index (χ4v) is 3.76. The first-order chi connectivity index (χ1) is 13.8. The molecule has 0 unspecified atom stereocenters. The summed E-state index contributed by atoms with van der Waals surface area (Å²) in [5, 5.41) is 2.89. The maximum Gasteiger partial charge on any atom is 0.255 e. The lowest BCUT2D eigenvalue weighted by Gasteiger charge is -2.15. The largest absolute Gasteiger partial charge is 0.468 e. The highest BCUT2D eigenvalue weighted by Crippen LogP contribution is 2.18. The minimum atomic E-state index is -3.71. The van der Waals surface area contributed by atoms with Crippen LogP contribution in [0, 0.1) is 0 Å². The number of rotatable bonds is 8. The fourth-order valence-electron chi connectivity index (χ4n) is 2.76. The van der Waals surface area contributed by atoms with Gasteiger partial charge >= 0.3 is 0 Å². The summed E-state index contributed by atoms with van der Waals surface area (Å²) in [6.45, 7) is 0.745. The van der Waals surface area contributed by atoms with Crippen LogP contribution in [0.3, 0.4) is 0 Å². The quantitative estimate of drug-likeness (QED) is 0.592. The van der Waals surface area contributed by atoms with E-state index in [-0.39, 0.29) is 17.3 Å². The highest BCUT2D eigenvalue weighted by atomic mass is 32.2. The topological polar surface area (TPSA) is 91.7 Å². The Morgan fingerprint density at radius 1 is 1.00 bits per heavy atom. The number of benzene rings is 2. The molecule has 8 heteroatoms. The van der Waals surface area contributed by atoms with Crippen LogP contribution in [-0.2, 0) is 23.1 Å². The number of nitrogens with zero attached hydrogens (tertiary/aromatic N) is 1. The number of nitrogens with one attached hydrogen (secondary N) is 2. The Morgan fingerprint density at radius 2 is 1.72 bits per heavy atom. The van der Waals surface area contributed by atoms with Gasteiger partial charge in [-0.1, -0.05) is 18.2 Å². The van der Waals surface area contributed by atoms with E-state index in [0.29, 0.717) is 17.9 Å². The highest BCUT2D eigenvalue weighted by molar-refractivity contribution is 7.89. The number of anilines is 1. The van der Waals surface area contributed by atoms with Crippen LogP contribution < -0.4 is 10.0 Å². The lowest BCUT2D eigenvalue weighted by atomic mass is 10.1. The molecule has 0 bridgehead atoms. The highest BCUT2D eigenvalue weighted by Gasteiger charge is 2.16. The van der Waals surface area contributed by atoms with Crippen LogP contribution >= 0.6 is 0 Å². The van der Waals surface area contributed by atoms with E-state index < -0.39 is 10.0 Å². The molecule has 152 valence electrons. The second kappa shape index (κ2) is 9.04. The van der Waals surface area contributed by atoms with Gasteiger partial charge < -0.3 is 14.6 Å². The van der Waals surface area contributed by atoms with Crippen molar-refractivity contribution >= 4 is 21.6 Å². The van der Waals surface area contributed by atoms with Crippen molar-refractivity contribution in [3.05, 3.63) is 83.8 Å². The molecule has 0 spiro atoms. The number of furan rings is 1. The van der Waals surface area contributed by atoms with Crippen LogP contribution in [0.15, 0.2) is 76.2 Å². The summed E-state index contributed by atoms with van der Waals surface area (Å²) in [6.07, 6.45) is 1.48. The summed E-state index contributed by atoms with van der Waals surface area (Å²) < 4.78 is 32.4. The number of carbonyl (C=O) groups is 1. The normalized spacial score (nSPS) is 11.6. The Labute approximate surface area is 170 Å². The first-order valence-corrected chi connectivity index (χ1v) is 10.5. The molecular formula is C21H23N3O4S. The molecule has 0 aliphatic carbocycles. The molecule has 0 saturated carbocycles. The van der Waals surface area contributed by atoms with Gasteiger partial charge in [-0.25, -0.2) is 13.1 Å². The Hall–Kier alpha value is -2.94. The van der Waals surface area contributed by atoms with Gasteiger partial charge in [-0.2, -0.15) is 0 Å². The molecule has 1 heterocycles. The second-order valence-electron chi connectivity index (χ2n) is 6.78. The molecule has 0 fully saturated rings. The SMILES string of the molecule is CN(C)Cc1ccccc1NC(=O)c1ccc(S(=O)(=O)NCc2ccco2)cc1. The van der Waals surface area contributed by atoms with Crippen molar-refractivity contribution in [3.8, 4) is 0 Å². The van der Waals surface area contributed by atoms with Crippen molar-refractivity contribution in [1.82, 2.24) is 9.62 Å². The van der Waals surface area contributed by atoms with E-state index in [1.54, 1.807) is 12.1 Å². The molecule has 3 aromatic rings. The lowest BCUT2D eigenvalue weighted by molar-refractivity contribution is 0.102. The zero-order valence-electron chi connectivity index (χ0n) is 16.3. The molecule has 29 heavy (non-hydrogen) atoms. The number of amides is 1. The molecule has 1 aromatic heterocycles. The van der Waals surface area contributed by atoms with Gasteiger partial charge in [-0.3, -0.25) is 4.79 Å². The standard InChI is InChI=1S/C21H23N3O4S/c1-24(2)15-17-6-3-4-8-20(17)23-21(25)16-9-11-19(12-10-16)29(26,27)22-14-18-7-5-13-28-18/h3-13,22H,14-15H2,1-2H3,(H,23,25). The van der Waals surface area contributed by atoms with Crippen LogP contribution in [0.2, 0.25) is 0 Å². The third-order valence-electron chi connectivity index (χ3n) is 4.20. The average molecular weight is 413 g/mol. The van der Waals surface area contributed by atoms with Crippen molar-refractivity contribution in [3.63, 3.8) is 0 Å². The van der Waals surface area contributed by atoms with E-state index in [9.17, 15) is 13.2 Å². The number of sulfonamides is 1. The molecule has 0 atom stereocenters. The fraction of sp³-hybridized carbons (Fsp3) is 0.190. The molecule has 0 saturated heterocycles. The minimum absolute atomic E-state index is 0.0558. The summed E-state index contributed by atoms with van der Waals surface area (Å²) in [6, 6.07) is 16.7. The number of para-hydroxylation sites is 1. The van der Waals surface area contributed by atoms with E-state index >= 15 is 0 Å².